The number of nitrogens with zero attached hydrogens (tertiary/aromatic N) is 1. The predicted octanol–water partition coefficient (Wildman–Crippen LogP) is 4.08. The van der Waals surface area contributed by atoms with E-state index in [1.807, 2.05) is 30.3 Å². The fraction of sp³-hybridized carbons (Fsp3) is 0.217. The Labute approximate surface area is 192 Å². The van der Waals surface area contributed by atoms with Gasteiger partial charge in [0.1, 0.15) is 5.82 Å². The molecule has 0 unspecified atom stereocenters. The third-order valence-corrected chi connectivity index (χ3v) is 6.65. The molecule has 3 aromatic rings. The average Bonchev–Trinajstić information content (AvgIpc) is 2.78. The first-order valence-corrected chi connectivity index (χ1v) is 12.4. The van der Waals surface area contributed by atoms with Crippen molar-refractivity contribution in [1.82, 2.24) is 4.98 Å². The van der Waals surface area contributed by atoms with E-state index in [9.17, 15) is 13.2 Å². The lowest BCUT2D eigenvalue weighted by Crippen LogP contribution is -2.15. The maximum Gasteiger partial charge on any atom is 0.252 e. The van der Waals surface area contributed by atoms with Crippen LogP contribution in [0.15, 0.2) is 66.9 Å². The van der Waals surface area contributed by atoms with Gasteiger partial charge < -0.3 is 16.4 Å². The number of nitrogens with one attached hydrogen (secondary N) is 2. The van der Waals surface area contributed by atoms with E-state index in [2.05, 4.69) is 15.6 Å². The second kappa shape index (κ2) is 11.0. The van der Waals surface area contributed by atoms with Crippen molar-refractivity contribution >= 4 is 44.5 Å². The average molecular weight is 473 g/mol. The molecule has 0 fully saturated rings. The van der Waals surface area contributed by atoms with Gasteiger partial charge in [0, 0.05) is 30.4 Å². The number of sulfone groups is 1. The van der Waals surface area contributed by atoms with Crippen LogP contribution in [0.1, 0.15) is 27.9 Å². The van der Waals surface area contributed by atoms with Gasteiger partial charge in [-0.05, 0) is 29.7 Å². The zero-order chi connectivity index (χ0) is 23.0. The molecule has 0 bridgehead atoms. The topological polar surface area (TPSA) is 114 Å². The molecule has 0 atom stereocenters. The molecule has 2 aromatic carbocycles. The highest BCUT2D eigenvalue weighted by atomic mass is 35.5. The SMILES string of the molecule is NC(=O)c1cnc(Nc2ccc(CS(=O)(=O)CCCCl)cc2)cc1NCc1ccccc1. The van der Waals surface area contributed by atoms with Crippen molar-refractivity contribution in [2.45, 2.75) is 18.7 Å². The summed E-state index contributed by atoms with van der Waals surface area (Å²) in [5, 5.41) is 6.39. The molecule has 0 saturated heterocycles. The number of anilines is 3. The van der Waals surface area contributed by atoms with Gasteiger partial charge in [-0.25, -0.2) is 13.4 Å². The molecule has 7 nitrogen and oxygen atoms in total. The van der Waals surface area contributed by atoms with Crippen molar-refractivity contribution in [3.63, 3.8) is 0 Å². The van der Waals surface area contributed by atoms with Crippen LogP contribution >= 0.6 is 11.6 Å². The summed E-state index contributed by atoms with van der Waals surface area (Å²) in [5.41, 5.74) is 8.85. The summed E-state index contributed by atoms with van der Waals surface area (Å²) in [4.78, 5) is 16.1. The molecule has 0 saturated carbocycles. The Kier molecular flexibility index (Phi) is 8.08. The van der Waals surface area contributed by atoms with Crippen LogP contribution in [-0.2, 0) is 22.1 Å². The van der Waals surface area contributed by atoms with E-state index in [4.69, 9.17) is 17.3 Å². The molecule has 1 aromatic heterocycles. The molecule has 168 valence electrons. The fourth-order valence-electron chi connectivity index (χ4n) is 3.09. The molecule has 4 N–H and O–H groups in total. The number of carbonyl (C=O) groups is 1. The molecule has 0 radical (unpaired) electrons. The number of hydrogen-bond donors (Lipinski definition) is 3. The molecule has 1 amide bonds. The number of rotatable bonds is 11. The molecule has 0 spiro atoms. The van der Waals surface area contributed by atoms with Gasteiger partial charge in [0.2, 0.25) is 0 Å². The highest BCUT2D eigenvalue weighted by Crippen LogP contribution is 2.23. The summed E-state index contributed by atoms with van der Waals surface area (Å²) in [6.45, 7) is 0.525. The van der Waals surface area contributed by atoms with E-state index < -0.39 is 15.7 Å². The van der Waals surface area contributed by atoms with Crippen molar-refractivity contribution in [3.05, 3.63) is 83.6 Å². The van der Waals surface area contributed by atoms with Gasteiger partial charge in [-0.3, -0.25) is 4.79 Å². The summed E-state index contributed by atoms with van der Waals surface area (Å²) in [6, 6.07) is 18.6. The first-order valence-electron chi connectivity index (χ1n) is 10.1. The minimum Gasteiger partial charge on any atom is -0.380 e. The van der Waals surface area contributed by atoms with Gasteiger partial charge >= 0.3 is 0 Å². The van der Waals surface area contributed by atoms with E-state index in [-0.39, 0.29) is 11.5 Å². The Hall–Kier alpha value is -3.10. The van der Waals surface area contributed by atoms with E-state index >= 15 is 0 Å². The van der Waals surface area contributed by atoms with Gasteiger partial charge in [-0.1, -0.05) is 42.5 Å². The number of aromatic nitrogens is 1. The maximum absolute atomic E-state index is 12.1. The van der Waals surface area contributed by atoms with Crippen LogP contribution in [0, 0.1) is 0 Å². The summed E-state index contributed by atoms with van der Waals surface area (Å²) in [5.74, 6) is 0.327. The van der Waals surface area contributed by atoms with Gasteiger partial charge in [0.05, 0.1) is 22.8 Å². The zero-order valence-corrected chi connectivity index (χ0v) is 19.0. The number of primary amides is 1. The van der Waals surface area contributed by atoms with Crippen molar-refractivity contribution in [2.24, 2.45) is 5.73 Å². The van der Waals surface area contributed by atoms with E-state index in [1.54, 1.807) is 30.3 Å². The number of alkyl halides is 1. The summed E-state index contributed by atoms with van der Waals surface area (Å²) < 4.78 is 24.2. The van der Waals surface area contributed by atoms with Crippen LogP contribution in [0.3, 0.4) is 0 Å². The van der Waals surface area contributed by atoms with Crippen LogP contribution in [-0.4, -0.2) is 30.9 Å². The number of pyridine rings is 1. The maximum atomic E-state index is 12.1. The Morgan fingerprint density at radius 2 is 1.75 bits per heavy atom. The van der Waals surface area contributed by atoms with Crippen LogP contribution < -0.4 is 16.4 Å². The van der Waals surface area contributed by atoms with Crippen molar-refractivity contribution in [3.8, 4) is 0 Å². The van der Waals surface area contributed by atoms with Gasteiger partial charge in [0.15, 0.2) is 9.84 Å². The van der Waals surface area contributed by atoms with E-state index in [0.717, 1.165) is 11.3 Å². The standard InChI is InChI=1S/C23H25ClN4O3S/c24-11-4-12-32(30,31)16-18-7-9-19(10-8-18)28-22-13-21(20(15-27-22)23(25)29)26-14-17-5-2-1-3-6-17/h1-3,5-10,13,15H,4,11-12,14,16H2,(H2,25,29)(H2,26,27,28). The number of hydrogen-bond acceptors (Lipinski definition) is 6. The Balaban J connectivity index is 1.70. The predicted molar refractivity (Wildman–Crippen MR) is 129 cm³/mol. The second-order valence-corrected chi connectivity index (χ2v) is 9.84. The van der Waals surface area contributed by atoms with Gasteiger partial charge in [0.25, 0.3) is 5.91 Å². The second-order valence-electron chi connectivity index (χ2n) is 7.28. The van der Waals surface area contributed by atoms with Crippen LogP contribution in [0.5, 0.6) is 0 Å². The Morgan fingerprint density at radius 3 is 2.41 bits per heavy atom. The number of carbonyl (C=O) groups excluding carboxylic acids is 1. The first-order chi connectivity index (χ1) is 15.4. The van der Waals surface area contributed by atoms with Crippen LogP contribution in [0.2, 0.25) is 0 Å². The molecule has 9 heteroatoms. The smallest absolute Gasteiger partial charge is 0.252 e. The van der Waals surface area contributed by atoms with Crippen molar-refractivity contribution < 1.29 is 13.2 Å². The number of nitrogens with two attached hydrogens (primary N) is 1. The highest BCUT2D eigenvalue weighted by molar-refractivity contribution is 7.90. The lowest BCUT2D eigenvalue weighted by molar-refractivity contribution is 0.100. The molecule has 3 rings (SSSR count). The number of benzene rings is 2. The first kappa shape index (κ1) is 23.6. The normalized spacial score (nSPS) is 11.2. The molecule has 0 aliphatic heterocycles. The molecular weight excluding hydrogens is 448 g/mol. The minimum atomic E-state index is -3.19. The molecule has 1 heterocycles. The van der Waals surface area contributed by atoms with Crippen LogP contribution in [0.25, 0.3) is 0 Å². The van der Waals surface area contributed by atoms with Gasteiger partial charge in [-0.15, -0.1) is 11.6 Å². The highest BCUT2D eigenvalue weighted by Gasteiger charge is 2.13. The lowest BCUT2D eigenvalue weighted by atomic mass is 10.2. The molecule has 0 aliphatic carbocycles. The third-order valence-electron chi connectivity index (χ3n) is 4.70. The fourth-order valence-corrected chi connectivity index (χ4v) is 4.81. The third kappa shape index (κ3) is 6.96. The largest absolute Gasteiger partial charge is 0.380 e. The zero-order valence-electron chi connectivity index (χ0n) is 17.4. The summed E-state index contributed by atoms with van der Waals surface area (Å²) in [7, 11) is -3.19. The summed E-state index contributed by atoms with van der Waals surface area (Å²) in [6.07, 6.45) is 1.87. The van der Waals surface area contributed by atoms with Crippen LogP contribution in [0.4, 0.5) is 17.2 Å². The minimum absolute atomic E-state index is 0.0245. The number of amides is 1. The Morgan fingerprint density at radius 1 is 1.03 bits per heavy atom. The Bertz CT molecular complexity index is 1150. The monoisotopic (exact) mass is 472 g/mol. The van der Waals surface area contributed by atoms with E-state index in [1.165, 1.54) is 6.20 Å². The summed E-state index contributed by atoms with van der Waals surface area (Å²) >= 11 is 5.59. The van der Waals surface area contributed by atoms with Crippen molar-refractivity contribution in [2.75, 3.05) is 22.3 Å². The van der Waals surface area contributed by atoms with E-state index in [0.29, 0.717) is 41.5 Å². The molecular formula is C23H25ClN4O3S. The molecule has 0 aliphatic rings. The van der Waals surface area contributed by atoms with Gasteiger partial charge in [-0.2, -0.15) is 0 Å². The molecule has 32 heavy (non-hydrogen) atoms. The van der Waals surface area contributed by atoms with Crippen molar-refractivity contribution in [1.29, 1.82) is 0 Å². The quantitative estimate of drug-likeness (QED) is 0.362. The number of halogens is 1. The lowest BCUT2D eigenvalue weighted by Gasteiger charge is -2.13.